The minimum atomic E-state index is -3.22. The minimum Gasteiger partial charge on any atom is -0.326 e. The highest BCUT2D eigenvalue weighted by atomic mass is 32.2. The van der Waals surface area contributed by atoms with Crippen LogP contribution in [0, 0.1) is 13.8 Å². The monoisotopic (exact) mass is 255 g/mol. The lowest BCUT2D eigenvalue weighted by Crippen LogP contribution is -2.34. The predicted octanol–water partition coefficient (Wildman–Crippen LogP) is 2.20. The quantitative estimate of drug-likeness (QED) is 0.897. The van der Waals surface area contributed by atoms with E-state index in [2.05, 4.69) is 0 Å². The molecule has 0 radical (unpaired) electrons. The normalized spacial score (nSPS) is 12.8. The summed E-state index contributed by atoms with van der Waals surface area (Å²) in [5.74, 6) is 0.0976. The Bertz CT molecular complexity index is 499. The van der Waals surface area contributed by atoms with Crippen molar-refractivity contribution in [2.75, 3.05) is 5.75 Å². The Hall–Kier alpha value is -0.870. The third-order valence-electron chi connectivity index (χ3n) is 2.68. The van der Waals surface area contributed by atoms with Gasteiger partial charge in [-0.3, -0.25) is 0 Å². The zero-order chi connectivity index (χ0) is 13.3. The molecule has 0 saturated heterocycles. The summed E-state index contributed by atoms with van der Waals surface area (Å²) >= 11 is 0. The summed E-state index contributed by atoms with van der Waals surface area (Å²) in [6.07, 6.45) is 0.461. The molecule has 0 aliphatic rings. The third-order valence-corrected chi connectivity index (χ3v) is 4.55. The van der Waals surface area contributed by atoms with Crippen LogP contribution in [0.2, 0.25) is 0 Å². The second-order valence-electron chi connectivity index (χ2n) is 5.33. The fraction of sp³-hybridized carbons (Fsp3) is 0.538. The van der Waals surface area contributed by atoms with Gasteiger partial charge in [0.05, 0.1) is 10.6 Å². The van der Waals surface area contributed by atoms with Crippen molar-refractivity contribution >= 4 is 9.84 Å². The van der Waals surface area contributed by atoms with E-state index in [1.807, 2.05) is 39.8 Å². The fourth-order valence-corrected chi connectivity index (χ4v) is 3.50. The van der Waals surface area contributed by atoms with Crippen molar-refractivity contribution in [2.24, 2.45) is 5.73 Å². The third kappa shape index (κ3) is 4.13. The van der Waals surface area contributed by atoms with Crippen molar-refractivity contribution in [3.05, 3.63) is 29.3 Å². The van der Waals surface area contributed by atoms with Gasteiger partial charge in [-0.05, 0) is 45.7 Å². The summed E-state index contributed by atoms with van der Waals surface area (Å²) < 4.78 is 24.3. The van der Waals surface area contributed by atoms with Crippen LogP contribution < -0.4 is 5.73 Å². The average molecular weight is 255 g/mol. The molecule has 0 aliphatic heterocycles. The molecule has 0 saturated carbocycles. The first-order valence-electron chi connectivity index (χ1n) is 5.71. The number of aryl methyl sites for hydroxylation is 2. The molecule has 1 rings (SSSR count). The van der Waals surface area contributed by atoms with Gasteiger partial charge in [-0.2, -0.15) is 0 Å². The van der Waals surface area contributed by atoms with Gasteiger partial charge < -0.3 is 5.73 Å². The molecule has 1 aromatic rings. The van der Waals surface area contributed by atoms with Gasteiger partial charge in [0.2, 0.25) is 0 Å². The Labute approximate surface area is 104 Å². The van der Waals surface area contributed by atoms with Crippen LogP contribution in [0.25, 0.3) is 0 Å². The summed E-state index contributed by atoms with van der Waals surface area (Å²) in [5.41, 5.74) is 7.24. The highest BCUT2D eigenvalue weighted by Gasteiger charge is 2.21. The summed E-state index contributed by atoms with van der Waals surface area (Å²) in [4.78, 5) is 0.423. The highest BCUT2D eigenvalue weighted by molar-refractivity contribution is 7.91. The number of nitrogens with two attached hydrogens (primary N) is 1. The predicted molar refractivity (Wildman–Crippen MR) is 70.9 cm³/mol. The van der Waals surface area contributed by atoms with E-state index < -0.39 is 15.4 Å². The first-order valence-corrected chi connectivity index (χ1v) is 7.36. The largest absolute Gasteiger partial charge is 0.326 e. The van der Waals surface area contributed by atoms with Gasteiger partial charge in [-0.25, -0.2) is 8.42 Å². The standard InChI is InChI=1S/C13H21NO2S/c1-10-5-6-12(11(2)9-10)17(15,16)8-7-13(3,4)14/h5-6,9H,7-8,14H2,1-4H3. The molecule has 0 aromatic heterocycles. The maximum Gasteiger partial charge on any atom is 0.178 e. The lowest BCUT2D eigenvalue weighted by atomic mass is 10.0. The van der Waals surface area contributed by atoms with Crippen molar-refractivity contribution in [3.8, 4) is 0 Å². The molecule has 2 N–H and O–H groups in total. The SMILES string of the molecule is Cc1ccc(S(=O)(=O)CCC(C)(C)N)c(C)c1. The second-order valence-corrected chi connectivity index (χ2v) is 7.40. The van der Waals surface area contributed by atoms with Crippen molar-refractivity contribution in [3.63, 3.8) is 0 Å². The van der Waals surface area contributed by atoms with E-state index in [0.29, 0.717) is 11.3 Å². The van der Waals surface area contributed by atoms with E-state index in [-0.39, 0.29) is 5.75 Å². The van der Waals surface area contributed by atoms with E-state index in [9.17, 15) is 8.42 Å². The Morgan fingerprint density at radius 1 is 1.24 bits per heavy atom. The van der Waals surface area contributed by atoms with Crippen LogP contribution in [0.1, 0.15) is 31.4 Å². The molecule has 0 aliphatic carbocycles. The molecule has 3 nitrogen and oxygen atoms in total. The molecule has 0 atom stereocenters. The maximum atomic E-state index is 12.2. The van der Waals surface area contributed by atoms with Crippen LogP contribution in [0.3, 0.4) is 0 Å². The minimum absolute atomic E-state index is 0.0976. The van der Waals surface area contributed by atoms with Gasteiger partial charge in [-0.1, -0.05) is 17.7 Å². The zero-order valence-corrected chi connectivity index (χ0v) is 11.8. The van der Waals surface area contributed by atoms with E-state index in [1.54, 1.807) is 6.07 Å². The van der Waals surface area contributed by atoms with Crippen LogP contribution in [0.15, 0.2) is 23.1 Å². The van der Waals surface area contributed by atoms with Crippen molar-refractivity contribution in [1.29, 1.82) is 0 Å². The summed E-state index contributed by atoms with van der Waals surface area (Å²) in [5, 5.41) is 0. The molecule has 96 valence electrons. The zero-order valence-electron chi connectivity index (χ0n) is 10.9. The van der Waals surface area contributed by atoms with Crippen LogP contribution in [-0.2, 0) is 9.84 Å². The molecule has 0 unspecified atom stereocenters. The average Bonchev–Trinajstić information content (AvgIpc) is 2.13. The van der Waals surface area contributed by atoms with Crippen LogP contribution in [0.4, 0.5) is 0 Å². The fourth-order valence-electron chi connectivity index (χ4n) is 1.66. The molecule has 4 heteroatoms. The van der Waals surface area contributed by atoms with Crippen molar-refractivity contribution in [1.82, 2.24) is 0 Å². The molecule has 0 amide bonds. The molecule has 0 bridgehead atoms. The van der Waals surface area contributed by atoms with E-state index in [0.717, 1.165) is 11.1 Å². The van der Waals surface area contributed by atoms with E-state index >= 15 is 0 Å². The summed E-state index contributed by atoms with van der Waals surface area (Å²) in [6, 6.07) is 5.40. The van der Waals surface area contributed by atoms with Crippen LogP contribution in [0.5, 0.6) is 0 Å². The number of sulfone groups is 1. The van der Waals surface area contributed by atoms with Crippen molar-refractivity contribution < 1.29 is 8.42 Å². The smallest absolute Gasteiger partial charge is 0.178 e. The number of hydrogen-bond donors (Lipinski definition) is 1. The van der Waals surface area contributed by atoms with E-state index in [1.165, 1.54) is 0 Å². The van der Waals surface area contributed by atoms with Gasteiger partial charge in [0, 0.05) is 5.54 Å². The molecule has 1 aromatic carbocycles. The first-order chi connectivity index (χ1) is 7.62. The number of benzene rings is 1. The van der Waals surface area contributed by atoms with Gasteiger partial charge in [0.25, 0.3) is 0 Å². The summed E-state index contributed by atoms with van der Waals surface area (Å²) in [7, 11) is -3.22. The Kier molecular flexibility index (Phi) is 3.99. The number of rotatable bonds is 4. The lowest BCUT2D eigenvalue weighted by molar-refractivity contribution is 0.495. The first kappa shape index (κ1) is 14.2. The van der Waals surface area contributed by atoms with E-state index in [4.69, 9.17) is 5.73 Å². The van der Waals surface area contributed by atoms with Crippen LogP contribution in [-0.4, -0.2) is 19.7 Å². The summed E-state index contributed by atoms with van der Waals surface area (Å²) in [6.45, 7) is 7.45. The molecule has 0 fully saturated rings. The lowest BCUT2D eigenvalue weighted by Gasteiger charge is -2.18. The Balaban J connectivity index is 2.98. The number of hydrogen-bond acceptors (Lipinski definition) is 3. The molecule has 0 heterocycles. The second kappa shape index (κ2) is 4.78. The maximum absolute atomic E-state index is 12.2. The molecular weight excluding hydrogens is 234 g/mol. The molecule has 0 spiro atoms. The topological polar surface area (TPSA) is 60.2 Å². The Morgan fingerprint density at radius 2 is 1.82 bits per heavy atom. The van der Waals surface area contributed by atoms with Gasteiger partial charge in [0.15, 0.2) is 9.84 Å². The van der Waals surface area contributed by atoms with Crippen LogP contribution >= 0.6 is 0 Å². The highest BCUT2D eigenvalue weighted by Crippen LogP contribution is 2.20. The molecule has 17 heavy (non-hydrogen) atoms. The van der Waals surface area contributed by atoms with Gasteiger partial charge >= 0.3 is 0 Å². The molecular formula is C13H21NO2S. The Morgan fingerprint density at radius 3 is 2.29 bits per heavy atom. The van der Waals surface area contributed by atoms with Gasteiger partial charge in [-0.15, -0.1) is 0 Å². The van der Waals surface area contributed by atoms with Crippen molar-refractivity contribution in [2.45, 2.75) is 44.6 Å². The van der Waals surface area contributed by atoms with Gasteiger partial charge in [0.1, 0.15) is 0 Å².